The molecule has 2 aromatic carbocycles. The van der Waals surface area contributed by atoms with Gasteiger partial charge in [0.25, 0.3) is 5.56 Å². The molecule has 0 aliphatic carbocycles. The first-order valence-corrected chi connectivity index (χ1v) is 10.2. The molecule has 0 bridgehead atoms. The lowest BCUT2D eigenvalue weighted by Crippen LogP contribution is -2.20. The van der Waals surface area contributed by atoms with Crippen LogP contribution in [0, 0.1) is 0 Å². The number of rotatable bonds is 5. The van der Waals surface area contributed by atoms with Crippen molar-refractivity contribution >= 4 is 56.8 Å². The molecule has 0 amide bonds. The minimum Gasteiger partial charge on any atom is -0.503 e. The second-order valence-corrected chi connectivity index (χ2v) is 8.10. The molecular weight excluding hydrogens is 466 g/mol. The summed E-state index contributed by atoms with van der Waals surface area (Å²) in [4.78, 5) is 27.3. The van der Waals surface area contributed by atoms with Gasteiger partial charge in [-0.1, -0.05) is 11.6 Å². The quantitative estimate of drug-likeness (QED) is 0.548. The van der Waals surface area contributed by atoms with E-state index in [0.29, 0.717) is 42.2 Å². The van der Waals surface area contributed by atoms with Gasteiger partial charge in [0.1, 0.15) is 0 Å². The number of benzene rings is 2. The molecule has 5 nitrogen and oxygen atoms in total. The summed E-state index contributed by atoms with van der Waals surface area (Å²) in [6.45, 7) is 2.21. The number of carbonyl (C=O) groups is 1. The summed E-state index contributed by atoms with van der Waals surface area (Å²) >= 11 is 10.3. The van der Waals surface area contributed by atoms with E-state index in [1.807, 2.05) is 6.92 Å². The van der Waals surface area contributed by atoms with Crippen molar-refractivity contribution in [3.05, 3.63) is 76.6 Å². The third-order valence-corrected chi connectivity index (χ3v) is 5.54. The van der Waals surface area contributed by atoms with Gasteiger partial charge >= 0.3 is 0 Å². The Hall–Kier alpha value is -2.35. The highest BCUT2D eigenvalue weighted by Gasteiger charge is 2.09. The van der Waals surface area contributed by atoms with Gasteiger partial charge in [-0.15, -0.1) is 11.3 Å². The molecule has 0 aliphatic rings. The molecule has 8 heteroatoms. The minimum atomic E-state index is -0.303. The number of hydrogen-bond donors (Lipinski definition) is 2. The molecular formula is C20H15BrClNO4S. The molecule has 28 heavy (non-hydrogen) atoms. The highest BCUT2D eigenvalue weighted by Crippen LogP contribution is 2.35. The van der Waals surface area contributed by atoms with Gasteiger partial charge in [0.2, 0.25) is 0 Å². The average Bonchev–Trinajstić information content (AvgIpc) is 2.99. The van der Waals surface area contributed by atoms with Crippen LogP contribution in [-0.2, 0) is 0 Å². The maximum absolute atomic E-state index is 12.3. The van der Waals surface area contributed by atoms with Crippen LogP contribution in [0.1, 0.15) is 22.8 Å². The summed E-state index contributed by atoms with van der Waals surface area (Å²) in [5, 5.41) is 10.5. The smallest absolute Gasteiger partial charge is 0.266 e. The zero-order valence-electron chi connectivity index (χ0n) is 14.7. The number of hydrogen-bond acceptors (Lipinski definition) is 5. The molecule has 1 heterocycles. The number of Topliss-reactive ketones (excluding diaryl/α,β-unsaturated/α-hetero) is 1. The molecule has 2 N–H and O–H groups in total. The van der Waals surface area contributed by atoms with Gasteiger partial charge in [-0.2, -0.15) is 0 Å². The number of ketones is 1. The molecule has 0 fully saturated rings. The highest BCUT2D eigenvalue weighted by molar-refractivity contribution is 9.10. The SMILES string of the molecule is CCOc1cc(/C=c2/s/c(=C\C(=O)c3ccc(Cl)cc3)[nH]c2=O)cc(Br)c1O. The third-order valence-electron chi connectivity index (χ3n) is 3.72. The molecule has 0 saturated carbocycles. The van der Waals surface area contributed by atoms with E-state index in [1.165, 1.54) is 17.4 Å². The third kappa shape index (κ3) is 4.73. The largest absolute Gasteiger partial charge is 0.503 e. The van der Waals surface area contributed by atoms with Crippen molar-refractivity contribution in [3.8, 4) is 11.5 Å². The van der Waals surface area contributed by atoms with E-state index < -0.39 is 0 Å². The predicted molar refractivity (Wildman–Crippen MR) is 115 cm³/mol. The second kappa shape index (κ2) is 8.77. The number of aromatic amines is 1. The predicted octanol–water partition coefficient (Wildman–Crippen LogP) is 3.45. The van der Waals surface area contributed by atoms with E-state index in [0.717, 1.165) is 0 Å². The Morgan fingerprint density at radius 2 is 2.04 bits per heavy atom. The Morgan fingerprint density at radius 1 is 1.32 bits per heavy atom. The fraction of sp³-hybridized carbons (Fsp3) is 0.100. The molecule has 0 saturated heterocycles. The van der Waals surface area contributed by atoms with E-state index >= 15 is 0 Å². The van der Waals surface area contributed by atoms with Crippen molar-refractivity contribution < 1.29 is 14.6 Å². The maximum atomic E-state index is 12.3. The first-order valence-electron chi connectivity index (χ1n) is 8.25. The van der Waals surface area contributed by atoms with Crippen LogP contribution in [0.4, 0.5) is 0 Å². The van der Waals surface area contributed by atoms with Crippen LogP contribution >= 0.6 is 38.9 Å². The van der Waals surface area contributed by atoms with Gasteiger partial charge in [-0.3, -0.25) is 9.59 Å². The van der Waals surface area contributed by atoms with Gasteiger partial charge in [0.05, 0.1) is 20.3 Å². The van der Waals surface area contributed by atoms with Crippen molar-refractivity contribution in [2.75, 3.05) is 6.61 Å². The lowest BCUT2D eigenvalue weighted by Gasteiger charge is -2.08. The number of phenols is 1. The zero-order chi connectivity index (χ0) is 20.3. The normalized spacial score (nSPS) is 12.4. The summed E-state index contributed by atoms with van der Waals surface area (Å²) in [6.07, 6.45) is 3.05. The number of nitrogens with one attached hydrogen (secondary N) is 1. The topological polar surface area (TPSA) is 79.4 Å². The number of phenolic OH excluding ortho intramolecular Hbond substituents is 1. The summed E-state index contributed by atoms with van der Waals surface area (Å²) in [7, 11) is 0. The van der Waals surface area contributed by atoms with Gasteiger partial charge in [0, 0.05) is 16.7 Å². The minimum absolute atomic E-state index is 0.00155. The molecule has 0 unspecified atom stereocenters. The molecule has 0 radical (unpaired) electrons. The molecule has 0 spiro atoms. The summed E-state index contributed by atoms with van der Waals surface area (Å²) in [6, 6.07) is 9.85. The van der Waals surface area contributed by atoms with Crippen molar-refractivity contribution in [1.82, 2.24) is 4.98 Å². The number of halogens is 2. The monoisotopic (exact) mass is 479 g/mol. The Kier molecular flexibility index (Phi) is 6.39. The van der Waals surface area contributed by atoms with Gasteiger partial charge in [-0.25, -0.2) is 0 Å². The van der Waals surface area contributed by atoms with E-state index in [9.17, 15) is 14.7 Å². The van der Waals surface area contributed by atoms with Crippen LogP contribution in [0.5, 0.6) is 11.5 Å². The molecule has 3 aromatic rings. The van der Waals surface area contributed by atoms with Crippen LogP contribution in [0.15, 0.2) is 45.7 Å². The Morgan fingerprint density at radius 3 is 2.71 bits per heavy atom. The number of aromatic hydroxyl groups is 1. The number of ether oxygens (including phenoxy) is 1. The second-order valence-electron chi connectivity index (χ2n) is 5.73. The van der Waals surface area contributed by atoms with Gasteiger partial charge in [-0.05, 0) is 70.9 Å². The Labute approximate surface area is 177 Å². The molecule has 1 aromatic heterocycles. The standard InChI is InChI=1S/C20H15BrClNO4S/c1-2-27-16-8-11(7-14(21)19(16)25)9-17-20(26)23-18(28-17)10-15(24)12-3-5-13(22)6-4-12/h3-10,25H,2H2,1H3,(H,23,26)/b17-9+,18-10-. The van der Waals surface area contributed by atoms with E-state index in [2.05, 4.69) is 20.9 Å². The van der Waals surface area contributed by atoms with E-state index in [4.69, 9.17) is 16.3 Å². The van der Waals surface area contributed by atoms with Crippen molar-refractivity contribution in [3.63, 3.8) is 0 Å². The summed E-state index contributed by atoms with van der Waals surface area (Å²) < 4.78 is 6.73. The highest BCUT2D eigenvalue weighted by atomic mass is 79.9. The van der Waals surface area contributed by atoms with Crippen LogP contribution in [0.25, 0.3) is 12.2 Å². The van der Waals surface area contributed by atoms with Crippen LogP contribution < -0.4 is 19.5 Å². The van der Waals surface area contributed by atoms with Gasteiger partial charge in [0.15, 0.2) is 17.3 Å². The number of H-pyrrole nitrogens is 1. The maximum Gasteiger partial charge on any atom is 0.266 e. The average molecular weight is 481 g/mol. The number of carbonyl (C=O) groups excluding carboxylic acids is 1. The van der Waals surface area contributed by atoms with Crippen LogP contribution in [0.3, 0.4) is 0 Å². The Bertz CT molecular complexity index is 1200. The first kappa shape index (κ1) is 20.4. The van der Waals surface area contributed by atoms with Crippen molar-refractivity contribution in [2.45, 2.75) is 6.92 Å². The van der Waals surface area contributed by atoms with Crippen LogP contribution in [0.2, 0.25) is 5.02 Å². The lowest BCUT2D eigenvalue weighted by molar-refractivity contribution is 0.106. The van der Waals surface area contributed by atoms with Crippen molar-refractivity contribution in [2.24, 2.45) is 0 Å². The summed E-state index contributed by atoms with van der Waals surface area (Å²) in [5.41, 5.74) is 0.853. The number of thiazole rings is 1. The van der Waals surface area contributed by atoms with Gasteiger partial charge < -0.3 is 14.8 Å². The zero-order valence-corrected chi connectivity index (χ0v) is 17.8. The Balaban J connectivity index is 1.99. The van der Waals surface area contributed by atoms with E-state index in [-0.39, 0.29) is 17.1 Å². The molecule has 3 rings (SSSR count). The van der Waals surface area contributed by atoms with Crippen LogP contribution in [-0.4, -0.2) is 22.5 Å². The first-order chi connectivity index (χ1) is 13.4. The fourth-order valence-corrected chi connectivity index (χ4v) is 3.91. The number of aromatic nitrogens is 1. The van der Waals surface area contributed by atoms with E-state index in [1.54, 1.807) is 42.5 Å². The van der Waals surface area contributed by atoms with Crippen molar-refractivity contribution in [1.29, 1.82) is 0 Å². The molecule has 144 valence electrons. The summed E-state index contributed by atoms with van der Waals surface area (Å²) in [5.74, 6) is 0.0919. The lowest BCUT2D eigenvalue weighted by atomic mass is 10.1. The molecule has 0 atom stereocenters. The fourth-order valence-electron chi connectivity index (χ4n) is 2.43. The molecule has 0 aliphatic heterocycles.